The van der Waals surface area contributed by atoms with E-state index in [0.717, 1.165) is 24.0 Å². The van der Waals surface area contributed by atoms with Gasteiger partial charge in [-0.3, -0.25) is 0 Å². The Labute approximate surface area is 151 Å². The molecule has 2 aromatic rings. The summed E-state index contributed by atoms with van der Waals surface area (Å²) in [4.78, 5) is 0. The highest BCUT2D eigenvalue weighted by Gasteiger charge is 2.49. The highest BCUT2D eigenvalue weighted by atomic mass is 32.2. The van der Waals surface area contributed by atoms with Gasteiger partial charge in [0.1, 0.15) is 23.2 Å². The quantitative estimate of drug-likeness (QED) is 0.436. The van der Waals surface area contributed by atoms with Crippen LogP contribution >= 0.6 is 0 Å². The minimum Gasteiger partial charge on any atom is -0.452 e. The van der Waals surface area contributed by atoms with E-state index in [-0.39, 0.29) is 5.75 Å². The Hall–Kier alpha value is -2.80. The summed E-state index contributed by atoms with van der Waals surface area (Å²) in [6.45, 7) is 0. The van der Waals surface area contributed by atoms with Crippen LogP contribution in [-0.4, -0.2) is 13.9 Å². The first-order valence-electron chi connectivity index (χ1n) is 7.65. The molecule has 0 atom stereocenters. The van der Waals surface area contributed by atoms with Crippen LogP contribution in [0.1, 0.15) is 23.1 Å². The lowest BCUT2D eigenvalue weighted by molar-refractivity contribution is -0.0500. The molecule has 5 nitrogen and oxygen atoms in total. The van der Waals surface area contributed by atoms with E-state index in [4.69, 9.17) is 4.74 Å². The van der Waals surface area contributed by atoms with Gasteiger partial charge in [0.2, 0.25) is 0 Å². The van der Waals surface area contributed by atoms with Gasteiger partial charge in [0.15, 0.2) is 11.5 Å². The Kier molecular flexibility index (Phi) is 4.73. The van der Waals surface area contributed by atoms with Crippen molar-refractivity contribution in [2.45, 2.75) is 24.8 Å². The Morgan fingerprint density at radius 2 is 1.85 bits per heavy atom. The second-order valence-corrected chi connectivity index (χ2v) is 7.26. The van der Waals surface area contributed by atoms with E-state index in [1.807, 2.05) is 6.07 Å². The maximum atomic E-state index is 13.7. The third kappa shape index (κ3) is 3.68. The van der Waals surface area contributed by atoms with Gasteiger partial charge in [0.25, 0.3) is 0 Å². The summed E-state index contributed by atoms with van der Waals surface area (Å²) in [5, 5.41) is 9.17. The first-order chi connectivity index (χ1) is 12.6. The van der Waals surface area contributed by atoms with Crippen LogP contribution in [0.3, 0.4) is 0 Å². The maximum absolute atomic E-state index is 13.7. The molecule has 0 saturated carbocycles. The number of benzene rings is 2. The minimum absolute atomic E-state index is 0.238. The van der Waals surface area contributed by atoms with Gasteiger partial charge in [0, 0.05) is 6.07 Å². The van der Waals surface area contributed by atoms with E-state index in [1.165, 1.54) is 6.07 Å². The van der Waals surface area contributed by atoms with Crippen LogP contribution in [0.15, 0.2) is 30.3 Å². The fourth-order valence-electron chi connectivity index (χ4n) is 2.77. The van der Waals surface area contributed by atoms with Crippen LogP contribution in [0.5, 0.6) is 17.2 Å². The van der Waals surface area contributed by atoms with Crippen molar-refractivity contribution in [2.24, 2.45) is 0 Å². The molecule has 0 N–H and O–H groups in total. The molecule has 0 radical (unpaired) electrons. The molecule has 0 saturated heterocycles. The van der Waals surface area contributed by atoms with E-state index < -0.39 is 38.5 Å². The predicted octanol–water partition coefficient (Wildman–Crippen LogP) is 4.21. The number of hydrogen-bond donors (Lipinski definition) is 0. The molecular weight excluding hydrogens is 390 g/mol. The standard InChI is InChI=1S/C17H11F4NO4S/c18-12-7-11(9-22)16(15(8-12)26-27(23,24)17(19,20)21)25-14-6-2-4-10-3-1-5-13(10)14/h2,4,6-8H,1,3,5H2. The molecule has 0 spiro atoms. The van der Waals surface area contributed by atoms with E-state index >= 15 is 0 Å². The normalized spacial score (nSPS) is 13.7. The van der Waals surface area contributed by atoms with E-state index in [9.17, 15) is 31.2 Å². The summed E-state index contributed by atoms with van der Waals surface area (Å²) in [5.41, 5.74) is -4.47. The summed E-state index contributed by atoms with van der Waals surface area (Å²) in [6, 6.07) is 7.74. The van der Waals surface area contributed by atoms with Crippen LogP contribution in [0, 0.1) is 17.1 Å². The van der Waals surface area contributed by atoms with Crippen molar-refractivity contribution in [1.82, 2.24) is 0 Å². The molecule has 142 valence electrons. The van der Waals surface area contributed by atoms with E-state index in [2.05, 4.69) is 4.18 Å². The Balaban J connectivity index is 2.10. The lowest BCUT2D eigenvalue weighted by atomic mass is 10.1. The SMILES string of the molecule is N#Cc1cc(F)cc(OS(=O)(=O)C(F)(F)F)c1Oc1cccc2c1CCC2. The molecule has 0 fully saturated rings. The van der Waals surface area contributed by atoms with Crippen LogP contribution in [0.2, 0.25) is 0 Å². The summed E-state index contributed by atoms with van der Waals surface area (Å²) in [5.74, 6) is -2.57. The fraction of sp³-hybridized carbons (Fsp3) is 0.235. The number of fused-ring (bicyclic) bond motifs is 1. The second-order valence-electron chi connectivity index (χ2n) is 5.73. The lowest BCUT2D eigenvalue weighted by Crippen LogP contribution is -2.28. The molecule has 10 heteroatoms. The average molecular weight is 401 g/mol. The zero-order chi connectivity index (χ0) is 19.8. The minimum atomic E-state index is -6.07. The molecule has 27 heavy (non-hydrogen) atoms. The smallest absolute Gasteiger partial charge is 0.452 e. The zero-order valence-electron chi connectivity index (χ0n) is 13.5. The number of aryl methyl sites for hydroxylation is 1. The van der Waals surface area contributed by atoms with Gasteiger partial charge < -0.3 is 8.92 Å². The number of rotatable bonds is 4. The van der Waals surface area contributed by atoms with Crippen molar-refractivity contribution >= 4 is 10.1 Å². The molecule has 0 amide bonds. The van der Waals surface area contributed by atoms with Crippen LogP contribution < -0.4 is 8.92 Å². The van der Waals surface area contributed by atoms with Gasteiger partial charge in [0.05, 0.1) is 0 Å². The molecule has 0 aromatic heterocycles. The molecule has 0 heterocycles. The van der Waals surface area contributed by atoms with Crippen molar-refractivity contribution in [3.63, 3.8) is 0 Å². The first-order valence-corrected chi connectivity index (χ1v) is 9.06. The molecule has 0 unspecified atom stereocenters. The largest absolute Gasteiger partial charge is 0.534 e. The van der Waals surface area contributed by atoms with Gasteiger partial charge in [-0.15, -0.1) is 0 Å². The summed E-state index contributed by atoms with van der Waals surface area (Å²) >= 11 is 0. The van der Waals surface area contributed by atoms with Crippen LogP contribution in [0.4, 0.5) is 17.6 Å². The number of ether oxygens (including phenoxy) is 1. The summed E-state index contributed by atoms with van der Waals surface area (Å²) in [6.07, 6.45) is 2.27. The second kappa shape index (κ2) is 6.74. The first kappa shape index (κ1) is 19.0. The molecular formula is C17H11F4NO4S. The third-order valence-electron chi connectivity index (χ3n) is 3.94. The van der Waals surface area contributed by atoms with Crippen molar-refractivity contribution in [1.29, 1.82) is 5.26 Å². The number of alkyl halides is 3. The van der Waals surface area contributed by atoms with Gasteiger partial charge in [-0.25, -0.2) is 4.39 Å². The van der Waals surface area contributed by atoms with Crippen molar-refractivity contribution in [3.8, 4) is 23.3 Å². The summed E-state index contributed by atoms with van der Waals surface area (Å²) < 4.78 is 83.8. The summed E-state index contributed by atoms with van der Waals surface area (Å²) in [7, 11) is -6.07. The van der Waals surface area contributed by atoms with Crippen LogP contribution in [0.25, 0.3) is 0 Å². The van der Waals surface area contributed by atoms with Gasteiger partial charge in [-0.05, 0) is 42.5 Å². The van der Waals surface area contributed by atoms with Crippen molar-refractivity contribution < 1.29 is 34.9 Å². The Morgan fingerprint density at radius 1 is 1.11 bits per heavy atom. The Morgan fingerprint density at radius 3 is 2.52 bits per heavy atom. The average Bonchev–Trinajstić information content (AvgIpc) is 3.05. The van der Waals surface area contributed by atoms with Crippen molar-refractivity contribution in [2.75, 3.05) is 0 Å². The molecule has 0 aliphatic heterocycles. The number of hydrogen-bond acceptors (Lipinski definition) is 5. The molecule has 2 aromatic carbocycles. The molecule has 1 aliphatic carbocycles. The van der Waals surface area contributed by atoms with E-state index in [1.54, 1.807) is 12.1 Å². The predicted molar refractivity (Wildman–Crippen MR) is 85.3 cm³/mol. The fourth-order valence-corrected chi connectivity index (χ4v) is 3.23. The number of nitrogens with zero attached hydrogens (tertiary/aromatic N) is 1. The third-order valence-corrected chi connectivity index (χ3v) is 4.90. The van der Waals surface area contributed by atoms with Gasteiger partial charge in [-0.1, -0.05) is 12.1 Å². The number of halogens is 4. The highest BCUT2D eigenvalue weighted by Crippen LogP contribution is 2.41. The molecule has 1 aliphatic rings. The lowest BCUT2D eigenvalue weighted by Gasteiger charge is -2.16. The van der Waals surface area contributed by atoms with Crippen molar-refractivity contribution in [3.05, 3.63) is 52.8 Å². The maximum Gasteiger partial charge on any atom is 0.534 e. The Bertz CT molecular complexity index is 1040. The highest BCUT2D eigenvalue weighted by molar-refractivity contribution is 7.88. The molecule has 0 bridgehead atoms. The topological polar surface area (TPSA) is 76.4 Å². The van der Waals surface area contributed by atoms with E-state index in [0.29, 0.717) is 18.6 Å². The monoisotopic (exact) mass is 401 g/mol. The molecule has 3 rings (SSSR count). The number of nitriles is 1. The van der Waals surface area contributed by atoms with Crippen LogP contribution in [-0.2, 0) is 23.0 Å². The van der Waals surface area contributed by atoms with Gasteiger partial charge in [-0.2, -0.15) is 26.9 Å². The van der Waals surface area contributed by atoms with Gasteiger partial charge >= 0.3 is 15.6 Å². The zero-order valence-corrected chi connectivity index (χ0v) is 14.3.